The summed E-state index contributed by atoms with van der Waals surface area (Å²) >= 11 is 0. The van der Waals surface area contributed by atoms with E-state index in [4.69, 9.17) is 179 Å². The number of nitrogens with two attached hydrogens (primary N) is 1. The maximum absolute atomic E-state index is 12.6. The molecule has 752 valence electrons. The summed E-state index contributed by atoms with van der Waals surface area (Å²) in [5, 5.41) is 18.6. The number of nitrogens with zero attached hydrogens (tertiary/aromatic N) is 9. The fourth-order valence-electron chi connectivity index (χ4n) is 9.19. The van der Waals surface area contributed by atoms with Gasteiger partial charge in [0, 0.05) is 73.3 Å². The van der Waals surface area contributed by atoms with Gasteiger partial charge in [-0.05, 0) is 16.6 Å². The van der Waals surface area contributed by atoms with E-state index in [1.54, 1.807) is 0 Å². The summed E-state index contributed by atoms with van der Waals surface area (Å²) in [6, 6.07) is 0. The third-order valence-electron chi connectivity index (χ3n) is 15.5. The van der Waals surface area contributed by atoms with Crippen LogP contribution in [0, 0.1) is 0 Å². The molecule has 49 nitrogen and oxygen atoms in total. The number of carbonyl (C=O) groups excluding carboxylic acids is 3. The fraction of sp³-hybridized carbons (Fsp3) is 0.962. The molecule has 0 rings (SSSR count). The highest BCUT2D eigenvalue weighted by atomic mass is 16.6. The molecule has 0 bridgehead atoms. The lowest BCUT2D eigenvalue weighted by Gasteiger charge is -2.29. The van der Waals surface area contributed by atoms with E-state index < -0.39 is 5.54 Å². The average Bonchev–Trinajstić information content (AvgIpc) is 0.896. The highest BCUT2D eigenvalue weighted by molar-refractivity contribution is 5.76. The summed E-state index contributed by atoms with van der Waals surface area (Å²) in [4.78, 5) is 45.9. The van der Waals surface area contributed by atoms with Crippen molar-refractivity contribution in [2.24, 2.45) is 21.1 Å². The molecule has 0 aliphatic heterocycles. The SMILES string of the molecule is [N-]=[N+]=NCCOCCOCCOCCOCCOCCOCCOCCOCCOCCOCCNC(=O)CCOCC(N)(COCCC(=O)NCCOCCOCCOCCOCCOCCOCCOCCOCCOCCOCCN=[N+]=[N-])COCCC(=O)NCCOCCOCCOCCOCCOCCOCCOCCOCCOCCOCCN=[N+]=[N-]. The van der Waals surface area contributed by atoms with Crippen LogP contribution in [0.5, 0.6) is 0 Å². The first-order valence-corrected chi connectivity index (χ1v) is 44.0. The standard InChI is InChI=1S/C79H155N13O36/c80-79(73-126-10-1-76(93)84-4-13-96-19-25-102-31-37-108-43-49-114-55-61-120-67-70-123-64-58-117-52-46-111-40-34-105-28-22-99-16-7-87-90-81,74-127-11-2-77(94)85-5-14-97-20-26-103-32-38-109-44-50-115-56-62-121-68-71-124-65-59-118-53-47-112-41-35-106-29-23-100-17-8-88-91-82)75-128-12-3-78(95)86-6-15-98-21-27-104-33-39-110-45-51-116-57-63-122-69-72-125-66-60-119-54-48-113-42-36-107-30-24-101-18-9-89-92-83/h1-75,80H2,(H,84,93)(H,85,94)(H,86,95). The van der Waals surface area contributed by atoms with Gasteiger partial charge in [-0.15, -0.1) is 0 Å². The van der Waals surface area contributed by atoms with Crippen LogP contribution in [0.2, 0.25) is 0 Å². The number of hydrogen-bond donors (Lipinski definition) is 4. The third kappa shape index (κ3) is 108. The molecule has 0 aliphatic rings. The Bertz CT molecular complexity index is 2200. The summed E-state index contributed by atoms with van der Waals surface area (Å²) < 4.78 is 182. The minimum Gasteiger partial charge on any atom is -0.379 e. The molecule has 0 saturated heterocycles. The predicted molar refractivity (Wildman–Crippen MR) is 459 cm³/mol. The zero-order chi connectivity index (χ0) is 92.0. The molecule has 5 N–H and O–H groups in total. The zero-order valence-electron chi connectivity index (χ0n) is 75.8. The maximum Gasteiger partial charge on any atom is 0.222 e. The number of carbonyl (C=O) groups is 3. The molecule has 0 aliphatic carbocycles. The van der Waals surface area contributed by atoms with Gasteiger partial charge in [0.2, 0.25) is 17.7 Å². The van der Waals surface area contributed by atoms with Crippen molar-refractivity contribution in [3.63, 3.8) is 0 Å². The van der Waals surface area contributed by atoms with Gasteiger partial charge >= 0.3 is 0 Å². The van der Waals surface area contributed by atoms with Gasteiger partial charge < -0.3 is 178 Å². The first kappa shape index (κ1) is 123. The Balaban J connectivity index is 4.27. The van der Waals surface area contributed by atoms with Crippen molar-refractivity contribution in [3.05, 3.63) is 31.3 Å². The van der Waals surface area contributed by atoms with Gasteiger partial charge in [0.1, 0.15) is 0 Å². The Morgan fingerprint density at radius 2 is 0.305 bits per heavy atom. The molecule has 0 unspecified atom stereocenters. The lowest BCUT2D eigenvalue weighted by molar-refractivity contribution is -0.123. The van der Waals surface area contributed by atoms with Gasteiger partial charge in [0.25, 0.3) is 0 Å². The lowest BCUT2D eigenvalue weighted by atomic mass is 10.1. The molecule has 128 heavy (non-hydrogen) atoms. The third-order valence-corrected chi connectivity index (χ3v) is 15.5. The van der Waals surface area contributed by atoms with Gasteiger partial charge in [-0.1, -0.05) is 15.3 Å². The maximum atomic E-state index is 12.6. The van der Waals surface area contributed by atoms with Crippen molar-refractivity contribution in [2.45, 2.75) is 24.8 Å². The smallest absolute Gasteiger partial charge is 0.222 e. The Morgan fingerprint density at radius 1 is 0.188 bits per heavy atom. The van der Waals surface area contributed by atoms with Gasteiger partial charge in [-0.25, -0.2) is 0 Å². The molecule has 0 aromatic heterocycles. The molecule has 3 amide bonds. The first-order chi connectivity index (χ1) is 63.4. The zero-order valence-corrected chi connectivity index (χ0v) is 75.8. The van der Waals surface area contributed by atoms with Crippen LogP contribution in [-0.2, 0) is 171 Å². The van der Waals surface area contributed by atoms with E-state index in [-0.39, 0.29) is 116 Å². The van der Waals surface area contributed by atoms with Crippen LogP contribution in [0.15, 0.2) is 15.3 Å². The number of ether oxygens (including phenoxy) is 33. The monoisotopic (exact) mass is 1860 g/mol. The van der Waals surface area contributed by atoms with Crippen molar-refractivity contribution in [2.75, 3.05) is 475 Å². The van der Waals surface area contributed by atoms with Crippen LogP contribution in [0.3, 0.4) is 0 Å². The number of azide groups is 3. The second-order valence-electron chi connectivity index (χ2n) is 26.1. The van der Waals surface area contributed by atoms with E-state index in [9.17, 15) is 14.4 Å². The van der Waals surface area contributed by atoms with Gasteiger partial charge in [0.05, 0.1) is 442 Å². The Labute approximate surface area is 754 Å². The van der Waals surface area contributed by atoms with E-state index in [2.05, 4.69) is 46.0 Å². The van der Waals surface area contributed by atoms with Crippen LogP contribution in [0.25, 0.3) is 31.3 Å². The largest absolute Gasteiger partial charge is 0.379 e. The number of rotatable bonds is 114. The second kappa shape index (κ2) is 111. The molecule has 0 aromatic carbocycles. The van der Waals surface area contributed by atoms with Crippen LogP contribution in [0.1, 0.15) is 19.3 Å². The summed E-state index contributed by atoms with van der Waals surface area (Å²) in [5.74, 6) is -0.743. The van der Waals surface area contributed by atoms with Crippen LogP contribution in [-0.4, -0.2) is 499 Å². The highest BCUT2D eigenvalue weighted by Crippen LogP contribution is 2.07. The minimum absolute atomic E-state index is 0.0500. The van der Waals surface area contributed by atoms with Gasteiger partial charge in [0.15, 0.2) is 0 Å². The average molecular weight is 1860 g/mol. The predicted octanol–water partition coefficient (Wildman–Crippen LogP) is 0.682. The van der Waals surface area contributed by atoms with Crippen molar-refractivity contribution in [1.82, 2.24) is 16.0 Å². The van der Waals surface area contributed by atoms with Crippen LogP contribution >= 0.6 is 0 Å². The van der Waals surface area contributed by atoms with Gasteiger partial charge in [-0.3, -0.25) is 14.4 Å². The summed E-state index contributed by atoms with van der Waals surface area (Å²) in [7, 11) is 0. The topological polar surface area (TPSA) is 564 Å². The molecule has 0 aromatic rings. The minimum atomic E-state index is -1.19. The van der Waals surface area contributed by atoms with E-state index in [0.717, 1.165) is 0 Å². The van der Waals surface area contributed by atoms with E-state index in [1.165, 1.54) is 0 Å². The second-order valence-corrected chi connectivity index (χ2v) is 26.1. The number of nitrogens with one attached hydrogen (secondary N) is 3. The highest BCUT2D eigenvalue weighted by Gasteiger charge is 2.27. The molecule has 0 atom stereocenters. The van der Waals surface area contributed by atoms with Crippen molar-refractivity contribution >= 4 is 17.7 Å². The van der Waals surface area contributed by atoms with Crippen molar-refractivity contribution in [3.8, 4) is 0 Å². The van der Waals surface area contributed by atoms with Crippen molar-refractivity contribution in [1.29, 1.82) is 0 Å². The summed E-state index contributed by atoms with van der Waals surface area (Å²) in [5.41, 5.74) is 30.2. The molecule has 0 saturated carbocycles. The fourth-order valence-corrected chi connectivity index (χ4v) is 9.19. The number of hydrogen-bond acceptors (Lipinski definition) is 40. The van der Waals surface area contributed by atoms with E-state index >= 15 is 0 Å². The normalized spacial score (nSPS) is 11.9. The van der Waals surface area contributed by atoms with E-state index in [0.29, 0.717) is 396 Å². The molecule has 0 heterocycles. The van der Waals surface area contributed by atoms with Crippen LogP contribution in [0.4, 0.5) is 0 Å². The lowest BCUT2D eigenvalue weighted by Crippen LogP contribution is -2.53. The Hall–Kier alpha value is -5.02. The number of amides is 3. The molecule has 0 spiro atoms. The van der Waals surface area contributed by atoms with Gasteiger partial charge in [-0.2, -0.15) is 0 Å². The molecule has 0 radical (unpaired) electrons. The Kier molecular flexibility index (Phi) is 106. The van der Waals surface area contributed by atoms with E-state index in [1.807, 2.05) is 0 Å². The molecule has 49 heteroatoms. The quantitative estimate of drug-likeness (QED) is 0.0281. The molecule has 0 fully saturated rings. The summed E-state index contributed by atoms with van der Waals surface area (Å²) in [6.45, 7) is 26.6. The van der Waals surface area contributed by atoms with Crippen LogP contribution < -0.4 is 21.7 Å². The molecular formula is C79H155N13O36. The molecular weight excluding hydrogens is 1710 g/mol. The summed E-state index contributed by atoms with van der Waals surface area (Å²) in [6.07, 6.45) is 0.152. The Morgan fingerprint density at radius 3 is 0.430 bits per heavy atom. The van der Waals surface area contributed by atoms with Crippen molar-refractivity contribution < 1.29 is 171 Å². The first-order valence-electron chi connectivity index (χ1n) is 44.0.